The van der Waals surface area contributed by atoms with Crippen molar-refractivity contribution < 1.29 is 9.53 Å². The second-order valence-electron chi connectivity index (χ2n) is 8.39. The van der Waals surface area contributed by atoms with Crippen LogP contribution in [0.2, 0.25) is 0 Å². The average Bonchev–Trinajstić information content (AvgIpc) is 3.05. The zero-order valence-corrected chi connectivity index (χ0v) is 20.9. The number of guanidine groups is 1. The Bertz CT molecular complexity index is 752. The Balaban J connectivity index is 0.00000240. The Kier molecular flexibility index (Phi) is 7.48. The quantitative estimate of drug-likeness (QED) is 0.321. The zero-order valence-electron chi connectivity index (χ0n) is 17.0. The van der Waals surface area contributed by atoms with Crippen molar-refractivity contribution in [3.8, 4) is 0 Å². The van der Waals surface area contributed by atoms with Crippen LogP contribution in [0.3, 0.4) is 0 Å². The minimum absolute atomic E-state index is 0. The molecule has 2 saturated carbocycles. The first-order valence-corrected chi connectivity index (χ1v) is 10.9. The summed E-state index contributed by atoms with van der Waals surface area (Å²) in [5.41, 5.74) is 1.41. The molecule has 6 nitrogen and oxygen atoms in total. The molecule has 0 radical (unpaired) electrons. The fourth-order valence-corrected chi connectivity index (χ4v) is 5.10. The molecule has 3 aliphatic rings. The first-order valence-electron chi connectivity index (χ1n) is 10.1. The molecule has 29 heavy (non-hydrogen) atoms. The van der Waals surface area contributed by atoms with Crippen LogP contribution in [0.4, 0.5) is 0 Å². The monoisotopic (exact) mass is 576 g/mol. The number of fused-ring (bicyclic) bond motifs is 2. The van der Waals surface area contributed by atoms with E-state index in [1.54, 1.807) is 19.0 Å². The van der Waals surface area contributed by atoms with Crippen LogP contribution >= 0.6 is 39.9 Å². The van der Waals surface area contributed by atoms with Crippen LogP contribution < -0.4 is 10.6 Å². The highest BCUT2D eigenvalue weighted by molar-refractivity contribution is 14.0. The van der Waals surface area contributed by atoms with E-state index in [4.69, 9.17) is 9.73 Å². The number of carbonyl (C=O) groups is 1. The summed E-state index contributed by atoms with van der Waals surface area (Å²) in [6.45, 7) is 1.68. The van der Waals surface area contributed by atoms with Crippen molar-refractivity contribution in [3.63, 3.8) is 0 Å². The molecule has 1 spiro atoms. The lowest BCUT2D eigenvalue weighted by molar-refractivity contribution is -0.171. The van der Waals surface area contributed by atoms with E-state index < -0.39 is 0 Å². The molecule has 3 fully saturated rings. The molecule has 1 saturated heterocycles. The second-order valence-corrected chi connectivity index (χ2v) is 9.30. The summed E-state index contributed by atoms with van der Waals surface area (Å²) in [4.78, 5) is 18.4. The molecule has 2 N–H and O–H groups in total. The number of nitrogens with zero attached hydrogens (tertiary/aromatic N) is 2. The van der Waals surface area contributed by atoms with Crippen molar-refractivity contribution in [1.82, 2.24) is 15.5 Å². The molecule has 0 bridgehead atoms. The molecule has 1 heterocycles. The van der Waals surface area contributed by atoms with Crippen LogP contribution in [0.25, 0.3) is 0 Å². The van der Waals surface area contributed by atoms with Gasteiger partial charge in [0.05, 0.1) is 19.2 Å². The van der Waals surface area contributed by atoms with Crippen molar-refractivity contribution in [3.05, 3.63) is 34.3 Å². The van der Waals surface area contributed by atoms with E-state index in [-0.39, 0.29) is 41.8 Å². The summed E-state index contributed by atoms with van der Waals surface area (Å²) in [7, 11) is 3.54. The molecule has 1 aliphatic heterocycles. The number of amides is 1. The maximum Gasteiger partial charge on any atom is 0.241 e. The number of aliphatic imine (C=N–C) groups is 1. The van der Waals surface area contributed by atoms with Gasteiger partial charge in [-0.25, -0.2) is 4.99 Å². The van der Waals surface area contributed by atoms with Gasteiger partial charge in [0, 0.05) is 42.5 Å². The summed E-state index contributed by atoms with van der Waals surface area (Å²) in [5, 5.41) is 6.92. The highest BCUT2D eigenvalue weighted by Crippen LogP contribution is 2.62. The average molecular weight is 577 g/mol. The lowest BCUT2D eigenvalue weighted by Gasteiger charge is -2.63. The molecule has 2 aliphatic carbocycles. The maximum absolute atomic E-state index is 12.1. The van der Waals surface area contributed by atoms with Gasteiger partial charge in [0.2, 0.25) is 5.91 Å². The van der Waals surface area contributed by atoms with Gasteiger partial charge in [-0.2, -0.15) is 0 Å². The molecule has 1 aromatic carbocycles. The molecule has 8 heteroatoms. The van der Waals surface area contributed by atoms with Gasteiger partial charge in [-0.1, -0.05) is 34.5 Å². The summed E-state index contributed by atoms with van der Waals surface area (Å²) in [6.07, 6.45) is 5.25. The first-order chi connectivity index (χ1) is 13.5. The fraction of sp³-hybridized carbons (Fsp3) is 0.619. The SMILES string of the molecule is CN(C)C(=O)CNC(=NCc1ccc(Br)cc1)NC1C2CCOC2C12CCC2.I. The van der Waals surface area contributed by atoms with E-state index in [0.29, 0.717) is 24.6 Å². The molecule has 4 rings (SSSR count). The number of nitrogens with one attached hydrogen (secondary N) is 2. The Morgan fingerprint density at radius 1 is 1.31 bits per heavy atom. The number of hydrogen-bond donors (Lipinski definition) is 2. The minimum atomic E-state index is 0. The largest absolute Gasteiger partial charge is 0.377 e. The van der Waals surface area contributed by atoms with E-state index >= 15 is 0 Å². The topological polar surface area (TPSA) is 66.0 Å². The van der Waals surface area contributed by atoms with E-state index in [1.807, 2.05) is 12.1 Å². The molecule has 160 valence electrons. The van der Waals surface area contributed by atoms with E-state index in [2.05, 4.69) is 38.7 Å². The van der Waals surface area contributed by atoms with Crippen LogP contribution in [0, 0.1) is 11.3 Å². The standard InChI is InChI=1S/C21H29BrN4O2.HI/c1-26(2)17(27)13-24-20(23-12-14-4-6-15(22)7-5-14)25-18-16-8-11-28-19(16)21(18)9-3-10-21;/h4-7,16,18-19H,3,8-13H2,1-2H3,(H2,23,24,25);1H. The molecule has 1 amide bonds. The highest BCUT2D eigenvalue weighted by Gasteiger charge is 2.66. The number of benzene rings is 1. The molecular formula is C21H30BrIN4O2. The van der Waals surface area contributed by atoms with Gasteiger partial charge in [-0.05, 0) is 37.0 Å². The van der Waals surface area contributed by atoms with Gasteiger partial charge in [0.15, 0.2) is 5.96 Å². The van der Waals surface area contributed by atoms with Crippen molar-refractivity contribution in [1.29, 1.82) is 0 Å². The number of hydrogen-bond acceptors (Lipinski definition) is 3. The number of halogens is 2. The fourth-order valence-electron chi connectivity index (χ4n) is 4.83. The Labute approximate surface area is 198 Å². The van der Waals surface area contributed by atoms with E-state index in [1.165, 1.54) is 19.3 Å². The predicted octanol–water partition coefficient (Wildman–Crippen LogP) is 3.15. The van der Waals surface area contributed by atoms with Crippen LogP contribution in [0.1, 0.15) is 31.2 Å². The summed E-state index contributed by atoms with van der Waals surface area (Å²) in [5.74, 6) is 1.32. The Hall–Kier alpha value is -0.870. The number of carbonyl (C=O) groups excluding carboxylic acids is 1. The maximum atomic E-state index is 12.1. The lowest BCUT2D eigenvalue weighted by Crippen LogP contribution is -2.72. The van der Waals surface area contributed by atoms with E-state index in [9.17, 15) is 4.79 Å². The lowest BCUT2D eigenvalue weighted by atomic mass is 9.46. The summed E-state index contributed by atoms with van der Waals surface area (Å²) < 4.78 is 7.08. The van der Waals surface area contributed by atoms with Crippen molar-refractivity contribution in [2.24, 2.45) is 16.3 Å². The number of rotatable bonds is 5. The van der Waals surface area contributed by atoms with Gasteiger partial charge in [0.1, 0.15) is 0 Å². The smallest absolute Gasteiger partial charge is 0.241 e. The third kappa shape index (κ3) is 4.58. The third-order valence-electron chi connectivity index (χ3n) is 6.57. The minimum Gasteiger partial charge on any atom is -0.377 e. The van der Waals surface area contributed by atoms with Crippen molar-refractivity contribution >= 4 is 51.8 Å². The Morgan fingerprint density at radius 3 is 2.66 bits per heavy atom. The van der Waals surface area contributed by atoms with Gasteiger partial charge in [0.25, 0.3) is 0 Å². The van der Waals surface area contributed by atoms with Crippen LogP contribution in [0.5, 0.6) is 0 Å². The first kappa shape index (κ1) is 22.8. The van der Waals surface area contributed by atoms with Gasteiger partial charge >= 0.3 is 0 Å². The summed E-state index contributed by atoms with van der Waals surface area (Å²) in [6, 6.07) is 8.56. The molecule has 1 aromatic rings. The second kappa shape index (κ2) is 9.51. The van der Waals surface area contributed by atoms with Crippen molar-refractivity contribution in [2.75, 3.05) is 27.2 Å². The van der Waals surface area contributed by atoms with Crippen LogP contribution in [-0.4, -0.2) is 56.2 Å². The highest BCUT2D eigenvalue weighted by atomic mass is 127. The van der Waals surface area contributed by atoms with Gasteiger partial charge < -0.3 is 20.3 Å². The number of likely N-dealkylation sites (N-methyl/N-ethyl adjacent to an activating group) is 1. The number of ether oxygens (including phenoxy) is 1. The predicted molar refractivity (Wildman–Crippen MR) is 128 cm³/mol. The third-order valence-corrected chi connectivity index (χ3v) is 7.10. The van der Waals surface area contributed by atoms with Gasteiger partial charge in [-0.3, -0.25) is 4.79 Å². The molecule has 3 atom stereocenters. The molecule has 0 aromatic heterocycles. The molecule has 3 unspecified atom stereocenters. The summed E-state index contributed by atoms with van der Waals surface area (Å²) >= 11 is 3.47. The Morgan fingerprint density at radius 2 is 2.03 bits per heavy atom. The van der Waals surface area contributed by atoms with Crippen molar-refractivity contribution in [2.45, 2.75) is 44.4 Å². The van der Waals surface area contributed by atoms with E-state index in [0.717, 1.165) is 29.0 Å². The van der Waals surface area contributed by atoms with Crippen LogP contribution in [0.15, 0.2) is 33.7 Å². The molecular weight excluding hydrogens is 547 g/mol. The zero-order chi connectivity index (χ0) is 19.7. The van der Waals surface area contributed by atoms with Crippen LogP contribution in [-0.2, 0) is 16.1 Å². The normalized spacial score (nSPS) is 26.6. The van der Waals surface area contributed by atoms with Gasteiger partial charge in [-0.15, -0.1) is 24.0 Å².